The van der Waals surface area contributed by atoms with Crippen molar-refractivity contribution in [1.29, 1.82) is 0 Å². The lowest BCUT2D eigenvalue weighted by Gasteiger charge is -2.64. The molecule has 2 bridgehead atoms. The summed E-state index contributed by atoms with van der Waals surface area (Å²) in [7, 11) is 0. The van der Waals surface area contributed by atoms with Gasteiger partial charge in [0.25, 0.3) is 0 Å². The molecule has 4 fully saturated rings. The first kappa shape index (κ1) is 16.6. The van der Waals surface area contributed by atoms with Crippen LogP contribution in [0.1, 0.15) is 58.8 Å². The maximum atomic E-state index is 12.1. The van der Waals surface area contributed by atoms with Crippen LogP contribution in [0.4, 0.5) is 0 Å². The molecular formula is C20H30O4. The predicted molar refractivity (Wildman–Crippen MR) is 90.2 cm³/mol. The van der Waals surface area contributed by atoms with Crippen molar-refractivity contribution in [2.45, 2.75) is 71.0 Å². The summed E-state index contributed by atoms with van der Waals surface area (Å²) in [5.41, 5.74) is -0.331. The van der Waals surface area contributed by atoms with E-state index >= 15 is 0 Å². The highest BCUT2D eigenvalue weighted by molar-refractivity contribution is 5.75. The Morgan fingerprint density at radius 2 is 1.92 bits per heavy atom. The molecule has 0 aromatic heterocycles. The molecule has 4 aliphatic rings. The zero-order valence-electron chi connectivity index (χ0n) is 14.8. The summed E-state index contributed by atoms with van der Waals surface area (Å²) in [4.78, 5) is 12.1. The van der Waals surface area contributed by atoms with E-state index < -0.39 is 23.6 Å². The van der Waals surface area contributed by atoms with Crippen LogP contribution in [-0.2, 0) is 4.79 Å². The quantitative estimate of drug-likeness (QED) is 0.644. The number of fused-ring (bicyclic) bond motifs is 3. The number of rotatable bonds is 1. The van der Waals surface area contributed by atoms with Crippen molar-refractivity contribution in [1.82, 2.24) is 0 Å². The maximum Gasteiger partial charge on any atom is 0.309 e. The minimum absolute atomic E-state index is 0.0202. The lowest BCUT2D eigenvalue weighted by Crippen LogP contribution is -2.63. The molecule has 0 radical (unpaired) electrons. The monoisotopic (exact) mass is 334 g/mol. The molecule has 3 N–H and O–H groups in total. The summed E-state index contributed by atoms with van der Waals surface area (Å²) in [5, 5.41) is 31.9. The van der Waals surface area contributed by atoms with Crippen molar-refractivity contribution in [3.63, 3.8) is 0 Å². The molecule has 0 amide bonds. The lowest BCUT2D eigenvalue weighted by molar-refractivity contribution is -0.212. The molecule has 1 spiro atoms. The SMILES string of the molecule is C=C1[C@@H]2C[C@H](O)[C@@H]3[C@@]4(C)CCC[C@](C)(C(=O)O)[C@@H]4CC[C@@]3(C2)[C@H]1O. The maximum absolute atomic E-state index is 12.1. The van der Waals surface area contributed by atoms with Gasteiger partial charge in [0.15, 0.2) is 0 Å². The molecule has 0 heterocycles. The van der Waals surface area contributed by atoms with Crippen molar-refractivity contribution < 1.29 is 20.1 Å². The van der Waals surface area contributed by atoms with Crippen molar-refractivity contribution in [2.24, 2.45) is 34.0 Å². The van der Waals surface area contributed by atoms with Crippen molar-refractivity contribution in [3.05, 3.63) is 12.2 Å². The number of aliphatic hydroxyl groups is 2. The fourth-order valence-corrected chi connectivity index (χ4v) is 7.73. The summed E-state index contributed by atoms with van der Waals surface area (Å²) in [6.07, 6.45) is 4.80. The standard InChI is InChI=1S/C20H30O4/c1-11-12-9-13(21)15-18(2)6-4-7-19(3,17(23)24)14(18)5-8-20(15,10-12)16(11)22/h12-16,21-22H,1,4-10H2,2-3H3,(H,23,24)/t12-,13+,14-,15-,16+,18+,19+,20+/m1/s1. The van der Waals surface area contributed by atoms with Crippen LogP contribution in [0.5, 0.6) is 0 Å². The second kappa shape index (κ2) is 4.85. The molecule has 0 saturated heterocycles. The van der Waals surface area contributed by atoms with E-state index in [9.17, 15) is 20.1 Å². The van der Waals surface area contributed by atoms with Gasteiger partial charge in [-0.2, -0.15) is 0 Å². The van der Waals surface area contributed by atoms with Gasteiger partial charge in [-0.3, -0.25) is 4.79 Å². The Kier molecular flexibility index (Phi) is 3.35. The van der Waals surface area contributed by atoms with E-state index in [4.69, 9.17) is 0 Å². The summed E-state index contributed by atoms with van der Waals surface area (Å²) in [5.74, 6) is -0.429. The second-order valence-electron chi connectivity index (χ2n) is 9.57. The highest BCUT2D eigenvalue weighted by atomic mass is 16.4. The van der Waals surface area contributed by atoms with Gasteiger partial charge in [-0.15, -0.1) is 0 Å². The normalized spacial score (nSPS) is 56.5. The van der Waals surface area contributed by atoms with Gasteiger partial charge in [-0.25, -0.2) is 0 Å². The van der Waals surface area contributed by atoms with Crippen molar-refractivity contribution in [2.75, 3.05) is 0 Å². The van der Waals surface area contributed by atoms with Gasteiger partial charge in [-0.1, -0.05) is 19.9 Å². The van der Waals surface area contributed by atoms with E-state index in [-0.39, 0.29) is 28.6 Å². The minimum atomic E-state index is -0.717. The topological polar surface area (TPSA) is 77.8 Å². The Morgan fingerprint density at radius 3 is 2.58 bits per heavy atom. The first-order chi connectivity index (χ1) is 11.2. The van der Waals surface area contributed by atoms with Crippen molar-refractivity contribution in [3.8, 4) is 0 Å². The van der Waals surface area contributed by atoms with Gasteiger partial charge in [0, 0.05) is 5.41 Å². The number of aliphatic carboxylic acids is 1. The second-order valence-corrected chi connectivity index (χ2v) is 9.57. The molecule has 4 saturated carbocycles. The Labute approximate surface area is 144 Å². The zero-order chi connectivity index (χ0) is 17.5. The van der Waals surface area contributed by atoms with Gasteiger partial charge < -0.3 is 15.3 Å². The zero-order valence-corrected chi connectivity index (χ0v) is 14.8. The Morgan fingerprint density at radius 1 is 1.21 bits per heavy atom. The van der Waals surface area contributed by atoms with Crippen LogP contribution in [-0.4, -0.2) is 33.5 Å². The van der Waals surface area contributed by atoms with Crippen LogP contribution in [0, 0.1) is 34.0 Å². The average Bonchev–Trinajstić information content (AvgIpc) is 2.68. The fourth-order valence-electron chi connectivity index (χ4n) is 7.73. The van der Waals surface area contributed by atoms with Crippen LogP contribution in [0.3, 0.4) is 0 Å². The molecule has 24 heavy (non-hydrogen) atoms. The van der Waals surface area contributed by atoms with E-state index in [2.05, 4.69) is 13.5 Å². The number of carboxylic acid groups (broad SMARTS) is 1. The third kappa shape index (κ3) is 1.74. The summed E-state index contributed by atoms with van der Waals surface area (Å²) >= 11 is 0. The van der Waals surface area contributed by atoms with E-state index in [0.29, 0.717) is 6.42 Å². The molecule has 0 unspecified atom stereocenters. The van der Waals surface area contributed by atoms with Crippen LogP contribution in [0.25, 0.3) is 0 Å². The first-order valence-corrected chi connectivity index (χ1v) is 9.45. The van der Waals surface area contributed by atoms with Gasteiger partial charge >= 0.3 is 5.97 Å². The molecule has 8 atom stereocenters. The smallest absolute Gasteiger partial charge is 0.309 e. The number of hydrogen-bond donors (Lipinski definition) is 3. The lowest BCUT2D eigenvalue weighted by atomic mass is 9.40. The Bertz CT molecular complexity index is 600. The molecular weight excluding hydrogens is 304 g/mol. The largest absolute Gasteiger partial charge is 0.481 e. The fraction of sp³-hybridized carbons (Fsp3) is 0.850. The summed E-state index contributed by atoms with van der Waals surface area (Å²) < 4.78 is 0. The van der Waals surface area contributed by atoms with Gasteiger partial charge in [0.1, 0.15) is 0 Å². The van der Waals surface area contributed by atoms with E-state index in [1.54, 1.807) is 0 Å². The van der Waals surface area contributed by atoms with Crippen LogP contribution >= 0.6 is 0 Å². The third-order valence-electron chi connectivity index (χ3n) is 8.65. The third-order valence-corrected chi connectivity index (χ3v) is 8.65. The van der Waals surface area contributed by atoms with Crippen LogP contribution in [0.2, 0.25) is 0 Å². The van der Waals surface area contributed by atoms with Crippen molar-refractivity contribution >= 4 is 5.97 Å². The molecule has 0 aromatic rings. The number of carboxylic acids is 1. The van der Waals surface area contributed by atoms with Gasteiger partial charge in [-0.05, 0) is 74.2 Å². The van der Waals surface area contributed by atoms with Crippen LogP contribution < -0.4 is 0 Å². The molecule has 4 nitrogen and oxygen atoms in total. The first-order valence-electron chi connectivity index (χ1n) is 9.45. The van der Waals surface area contributed by atoms with Crippen LogP contribution in [0.15, 0.2) is 12.2 Å². The summed E-state index contributed by atoms with van der Waals surface area (Å²) in [6.45, 7) is 8.22. The number of aliphatic hydroxyl groups excluding tert-OH is 2. The minimum Gasteiger partial charge on any atom is -0.481 e. The average molecular weight is 334 g/mol. The highest BCUT2D eigenvalue weighted by Gasteiger charge is 2.69. The van der Waals surface area contributed by atoms with E-state index in [1.165, 1.54) is 0 Å². The Hall–Kier alpha value is -0.870. The van der Waals surface area contributed by atoms with E-state index in [1.807, 2.05) is 6.92 Å². The highest BCUT2D eigenvalue weighted by Crippen LogP contribution is 2.72. The summed E-state index contributed by atoms with van der Waals surface area (Å²) in [6, 6.07) is 0. The molecule has 0 aromatic carbocycles. The number of carbonyl (C=O) groups is 1. The molecule has 4 heteroatoms. The Balaban J connectivity index is 1.82. The number of hydrogen-bond acceptors (Lipinski definition) is 3. The molecule has 4 aliphatic carbocycles. The van der Waals surface area contributed by atoms with Gasteiger partial charge in [0.2, 0.25) is 0 Å². The van der Waals surface area contributed by atoms with Gasteiger partial charge in [0.05, 0.1) is 17.6 Å². The predicted octanol–water partition coefficient (Wildman–Crippen LogP) is 2.98. The molecule has 0 aliphatic heterocycles. The molecule has 134 valence electrons. The van der Waals surface area contributed by atoms with E-state index in [0.717, 1.165) is 44.1 Å². The molecule has 4 rings (SSSR count).